The molecule has 0 aliphatic rings. The van der Waals surface area contributed by atoms with Crippen LogP contribution >= 0.6 is 0 Å². The van der Waals surface area contributed by atoms with Gasteiger partial charge in [-0.15, -0.1) is 0 Å². The first-order valence-electron chi connectivity index (χ1n) is 6.95. The van der Waals surface area contributed by atoms with E-state index in [1.165, 1.54) is 12.1 Å². The zero-order chi connectivity index (χ0) is 16.8. The fraction of sp³-hybridized carbons (Fsp3) is 0.118. The summed E-state index contributed by atoms with van der Waals surface area (Å²) in [6.45, 7) is 0. The first kappa shape index (κ1) is 16.2. The predicted octanol–water partition coefficient (Wildman–Crippen LogP) is 1.98. The molecule has 6 heteroatoms. The second-order valence-electron chi connectivity index (χ2n) is 5.00. The molecule has 2 amide bonds. The number of aliphatic carboxylic acids is 1. The number of rotatable bonds is 6. The van der Waals surface area contributed by atoms with Gasteiger partial charge < -0.3 is 16.2 Å². The van der Waals surface area contributed by atoms with Gasteiger partial charge in [0.05, 0.1) is 5.92 Å². The van der Waals surface area contributed by atoms with Gasteiger partial charge in [-0.2, -0.15) is 0 Å². The van der Waals surface area contributed by atoms with Gasteiger partial charge in [-0.3, -0.25) is 14.4 Å². The van der Waals surface area contributed by atoms with Gasteiger partial charge in [0, 0.05) is 17.7 Å². The molecule has 0 saturated heterocycles. The van der Waals surface area contributed by atoms with Crippen molar-refractivity contribution in [2.45, 2.75) is 12.3 Å². The number of anilines is 1. The zero-order valence-corrected chi connectivity index (χ0v) is 12.2. The minimum absolute atomic E-state index is 0.208. The van der Waals surface area contributed by atoms with Gasteiger partial charge in [0.15, 0.2) is 0 Å². The van der Waals surface area contributed by atoms with Gasteiger partial charge in [-0.25, -0.2) is 0 Å². The molecule has 6 nitrogen and oxygen atoms in total. The third kappa shape index (κ3) is 4.41. The molecule has 0 bridgehead atoms. The molecular weight excluding hydrogens is 296 g/mol. The number of hydrogen-bond acceptors (Lipinski definition) is 3. The molecule has 23 heavy (non-hydrogen) atoms. The molecular formula is C17H16N2O4. The monoisotopic (exact) mass is 312 g/mol. The van der Waals surface area contributed by atoms with E-state index in [1.807, 2.05) is 0 Å². The average molecular weight is 312 g/mol. The van der Waals surface area contributed by atoms with Crippen LogP contribution in [0.15, 0.2) is 54.6 Å². The molecule has 4 N–H and O–H groups in total. The van der Waals surface area contributed by atoms with E-state index < -0.39 is 23.7 Å². The summed E-state index contributed by atoms with van der Waals surface area (Å²) in [5.41, 5.74) is 6.39. The number of hydrogen-bond donors (Lipinski definition) is 3. The van der Waals surface area contributed by atoms with Crippen molar-refractivity contribution in [2.24, 2.45) is 5.73 Å². The molecule has 0 aromatic heterocycles. The van der Waals surface area contributed by atoms with Gasteiger partial charge in [-0.05, 0) is 23.8 Å². The van der Waals surface area contributed by atoms with Crippen molar-refractivity contribution in [1.29, 1.82) is 0 Å². The number of nitrogens with two attached hydrogens (primary N) is 1. The molecule has 118 valence electrons. The molecule has 0 fully saturated rings. The Bertz CT molecular complexity index is 728. The summed E-state index contributed by atoms with van der Waals surface area (Å²) in [6.07, 6.45) is -0.208. The standard InChI is InChI=1S/C17H16N2O4/c18-16(21)12-7-4-8-13(9-12)19-15(20)10-14(17(22)23)11-5-2-1-3-6-11/h1-9,14H,10H2,(H2,18,21)(H,19,20)(H,22,23)/t14-/m1/s1. The van der Waals surface area contributed by atoms with Crippen LogP contribution in [0.2, 0.25) is 0 Å². The van der Waals surface area contributed by atoms with E-state index in [0.29, 0.717) is 11.3 Å². The Balaban J connectivity index is 2.10. The van der Waals surface area contributed by atoms with Crippen LogP contribution < -0.4 is 11.1 Å². The smallest absolute Gasteiger partial charge is 0.311 e. The highest BCUT2D eigenvalue weighted by Gasteiger charge is 2.23. The normalized spacial score (nSPS) is 11.5. The predicted molar refractivity (Wildman–Crippen MR) is 85.0 cm³/mol. The number of carboxylic acid groups (broad SMARTS) is 1. The van der Waals surface area contributed by atoms with E-state index in [1.54, 1.807) is 42.5 Å². The first-order chi connectivity index (χ1) is 11.0. The van der Waals surface area contributed by atoms with E-state index in [0.717, 1.165) is 0 Å². The average Bonchev–Trinajstić information content (AvgIpc) is 2.53. The van der Waals surface area contributed by atoms with Gasteiger partial charge in [0.25, 0.3) is 0 Å². The van der Waals surface area contributed by atoms with Crippen LogP contribution in [-0.4, -0.2) is 22.9 Å². The molecule has 2 aromatic rings. The maximum absolute atomic E-state index is 12.1. The Morgan fingerprint density at radius 1 is 1.04 bits per heavy atom. The number of carbonyl (C=O) groups is 3. The van der Waals surface area contributed by atoms with Crippen LogP contribution in [0.3, 0.4) is 0 Å². The summed E-state index contributed by atoms with van der Waals surface area (Å²) in [4.78, 5) is 34.6. The lowest BCUT2D eigenvalue weighted by Crippen LogP contribution is -2.21. The topological polar surface area (TPSA) is 109 Å². The Morgan fingerprint density at radius 3 is 2.35 bits per heavy atom. The molecule has 1 atom stereocenters. The van der Waals surface area contributed by atoms with E-state index in [2.05, 4.69) is 5.32 Å². The number of primary amides is 1. The lowest BCUT2D eigenvalue weighted by atomic mass is 9.95. The summed E-state index contributed by atoms with van der Waals surface area (Å²) in [5, 5.41) is 11.9. The molecule has 0 radical (unpaired) electrons. The highest BCUT2D eigenvalue weighted by atomic mass is 16.4. The SMILES string of the molecule is NC(=O)c1cccc(NC(=O)C[C@@H](C(=O)O)c2ccccc2)c1. The number of carbonyl (C=O) groups excluding carboxylic acids is 2. The second kappa shape index (κ2) is 7.22. The van der Waals surface area contributed by atoms with Crippen molar-refractivity contribution >= 4 is 23.5 Å². The Morgan fingerprint density at radius 2 is 1.74 bits per heavy atom. The lowest BCUT2D eigenvalue weighted by molar-refractivity contribution is -0.140. The molecule has 0 unspecified atom stereocenters. The van der Waals surface area contributed by atoms with Crippen molar-refractivity contribution in [3.63, 3.8) is 0 Å². The molecule has 0 aliphatic carbocycles. The van der Waals surface area contributed by atoms with E-state index in [-0.39, 0.29) is 12.0 Å². The fourth-order valence-corrected chi connectivity index (χ4v) is 2.18. The summed E-state index contributed by atoms with van der Waals surface area (Å²) < 4.78 is 0. The van der Waals surface area contributed by atoms with Crippen LogP contribution in [0.5, 0.6) is 0 Å². The van der Waals surface area contributed by atoms with Gasteiger partial charge in [0.1, 0.15) is 0 Å². The highest BCUT2D eigenvalue weighted by Crippen LogP contribution is 2.21. The van der Waals surface area contributed by atoms with E-state index >= 15 is 0 Å². The van der Waals surface area contributed by atoms with Gasteiger partial charge >= 0.3 is 5.97 Å². The van der Waals surface area contributed by atoms with E-state index in [4.69, 9.17) is 5.73 Å². The molecule has 0 spiro atoms. The summed E-state index contributed by atoms with van der Waals surface area (Å²) >= 11 is 0. The van der Waals surface area contributed by atoms with Crippen LogP contribution in [0.1, 0.15) is 28.3 Å². The largest absolute Gasteiger partial charge is 0.481 e. The zero-order valence-electron chi connectivity index (χ0n) is 12.2. The van der Waals surface area contributed by atoms with Gasteiger partial charge in [0.2, 0.25) is 11.8 Å². The number of nitrogens with one attached hydrogen (secondary N) is 1. The Kier molecular flexibility index (Phi) is 5.09. The van der Waals surface area contributed by atoms with E-state index in [9.17, 15) is 19.5 Å². The highest BCUT2D eigenvalue weighted by molar-refractivity contribution is 5.97. The molecule has 0 heterocycles. The maximum atomic E-state index is 12.1. The summed E-state index contributed by atoms with van der Waals surface area (Å²) in [5.74, 6) is -3.07. The molecule has 2 rings (SSSR count). The lowest BCUT2D eigenvalue weighted by Gasteiger charge is -2.13. The van der Waals surface area contributed by atoms with Crippen molar-refractivity contribution in [2.75, 3.05) is 5.32 Å². The minimum Gasteiger partial charge on any atom is -0.481 e. The Hall–Kier alpha value is -3.15. The van der Waals surface area contributed by atoms with Crippen molar-refractivity contribution in [3.05, 3.63) is 65.7 Å². The second-order valence-corrected chi connectivity index (χ2v) is 5.00. The summed E-state index contributed by atoms with van der Waals surface area (Å²) in [6, 6.07) is 14.7. The quantitative estimate of drug-likeness (QED) is 0.757. The fourth-order valence-electron chi connectivity index (χ4n) is 2.18. The van der Waals surface area contributed by atoms with Crippen molar-refractivity contribution < 1.29 is 19.5 Å². The number of amides is 2. The third-order valence-electron chi connectivity index (χ3n) is 3.32. The van der Waals surface area contributed by atoms with Crippen molar-refractivity contribution in [1.82, 2.24) is 0 Å². The number of carboxylic acids is 1. The first-order valence-corrected chi connectivity index (χ1v) is 6.95. The van der Waals surface area contributed by atoms with Crippen LogP contribution in [0.4, 0.5) is 5.69 Å². The van der Waals surface area contributed by atoms with Crippen LogP contribution in [0, 0.1) is 0 Å². The van der Waals surface area contributed by atoms with Crippen molar-refractivity contribution in [3.8, 4) is 0 Å². The molecule has 2 aromatic carbocycles. The third-order valence-corrected chi connectivity index (χ3v) is 3.32. The Labute approximate surface area is 132 Å². The molecule has 0 saturated carbocycles. The van der Waals surface area contributed by atoms with Gasteiger partial charge in [-0.1, -0.05) is 36.4 Å². The minimum atomic E-state index is -1.07. The maximum Gasteiger partial charge on any atom is 0.311 e. The van der Waals surface area contributed by atoms with Crippen LogP contribution in [0.25, 0.3) is 0 Å². The summed E-state index contributed by atoms with van der Waals surface area (Å²) in [7, 11) is 0. The van der Waals surface area contributed by atoms with Crippen LogP contribution in [-0.2, 0) is 9.59 Å². The number of benzene rings is 2. The molecule has 0 aliphatic heterocycles.